The number of ether oxygens (including phenoxy) is 1. The van der Waals surface area contributed by atoms with Crippen LogP contribution < -0.4 is 4.18 Å². The highest BCUT2D eigenvalue weighted by Gasteiger charge is 2.48. The lowest BCUT2D eigenvalue weighted by atomic mass is 10.2. The molecule has 2 rings (SSSR count). The standard InChI is InChI=1S/C15H12F3NO5S/c1-2-23-13(20)9-8-11-7-6-10-4-3-5-12(14(10)19-11)24-25(21,22)15(16,17)18/h3-9H,2H2,1H3/b9-8+. The number of hydrogen-bond donors (Lipinski definition) is 0. The summed E-state index contributed by atoms with van der Waals surface area (Å²) in [5.74, 6) is -1.19. The molecule has 0 spiro atoms. The third kappa shape index (κ3) is 4.47. The number of esters is 1. The van der Waals surface area contributed by atoms with Gasteiger partial charge in [-0.2, -0.15) is 21.6 Å². The second-order valence-electron chi connectivity index (χ2n) is 4.63. The molecule has 0 aliphatic heterocycles. The van der Waals surface area contributed by atoms with Gasteiger partial charge in [-0.1, -0.05) is 18.2 Å². The quantitative estimate of drug-likeness (QED) is 0.346. The highest BCUT2D eigenvalue weighted by atomic mass is 32.2. The predicted octanol–water partition coefficient (Wildman–Crippen LogP) is 3.04. The first-order valence-corrected chi connectivity index (χ1v) is 8.30. The number of alkyl halides is 3. The number of para-hydroxylation sites is 1. The van der Waals surface area contributed by atoms with Crippen molar-refractivity contribution in [3.05, 3.63) is 42.1 Å². The molecule has 0 fully saturated rings. The Labute approximate surface area is 141 Å². The van der Waals surface area contributed by atoms with E-state index in [0.717, 1.165) is 12.1 Å². The molecule has 6 nitrogen and oxygen atoms in total. The number of carbonyl (C=O) groups excluding carboxylic acids is 1. The molecule has 0 aliphatic rings. The molecule has 1 aromatic heterocycles. The fraction of sp³-hybridized carbons (Fsp3) is 0.200. The zero-order valence-corrected chi connectivity index (χ0v) is 13.6. The van der Waals surface area contributed by atoms with Crippen molar-refractivity contribution in [3.63, 3.8) is 0 Å². The summed E-state index contributed by atoms with van der Waals surface area (Å²) in [5, 5.41) is 0.364. The average molecular weight is 375 g/mol. The molecular weight excluding hydrogens is 363 g/mol. The van der Waals surface area contributed by atoms with Gasteiger partial charge in [0.1, 0.15) is 5.52 Å². The Balaban J connectivity index is 2.42. The number of pyridine rings is 1. The van der Waals surface area contributed by atoms with Crippen molar-refractivity contribution < 1.29 is 35.3 Å². The number of nitrogens with zero attached hydrogens (tertiary/aromatic N) is 1. The van der Waals surface area contributed by atoms with E-state index in [9.17, 15) is 26.4 Å². The molecule has 0 N–H and O–H groups in total. The number of rotatable bonds is 5. The molecule has 2 aromatic rings. The molecule has 1 aromatic carbocycles. The molecule has 0 saturated carbocycles. The SMILES string of the molecule is CCOC(=O)/C=C/c1ccc2cccc(OS(=O)(=O)C(F)(F)F)c2n1. The second-order valence-corrected chi connectivity index (χ2v) is 6.17. The van der Waals surface area contributed by atoms with E-state index < -0.39 is 27.3 Å². The largest absolute Gasteiger partial charge is 0.534 e. The summed E-state index contributed by atoms with van der Waals surface area (Å²) in [4.78, 5) is 15.3. The monoisotopic (exact) mass is 375 g/mol. The zero-order chi connectivity index (χ0) is 18.7. The van der Waals surface area contributed by atoms with Crippen molar-refractivity contribution in [2.45, 2.75) is 12.4 Å². The van der Waals surface area contributed by atoms with Crippen LogP contribution in [0.2, 0.25) is 0 Å². The smallest absolute Gasteiger partial charge is 0.463 e. The van der Waals surface area contributed by atoms with E-state index in [4.69, 9.17) is 4.74 Å². The van der Waals surface area contributed by atoms with Crippen LogP contribution in [0.25, 0.3) is 17.0 Å². The van der Waals surface area contributed by atoms with Crippen molar-refractivity contribution in [1.29, 1.82) is 0 Å². The first-order chi connectivity index (χ1) is 11.6. The molecule has 0 saturated heterocycles. The van der Waals surface area contributed by atoms with Gasteiger partial charge in [0.25, 0.3) is 0 Å². The van der Waals surface area contributed by atoms with E-state index in [1.54, 1.807) is 6.92 Å². The normalized spacial score (nSPS) is 12.5. The summed E-state index contributed by atoms with van der Waals surface area (Å²) in [6, 6.07) is 6.91. The van der Waals surface area contributed by atoms with Crippen LogP contribution in [0.1, 0.15) is 12.6 Å². The van der Waals surface area contributed by atoms with E-state index in [-0.39, 0.29) is 17.8 Å². The predicted molar refractivity (Wildman–Crippen MR) is 83.0 cm³/mol. The Kier molecular flexibility index (Phi) is 5.31. The minimum atomic E-state index is -5.82. The van der Waals surface area contributed by atoms with Crippen molar-refractivity contribution >= 4 is 33.1 Å². The first-order valence-electron chi connectivity index (χ1n) is 6.89. The van der Waals surface area contributed by atoms with E-state index in [2.05, 4.69) is 9.17 Å². The van der Waals surface area contributed by atoms with Crippen molar-refractivity contribution in [3.8, 4) is 5.75 Å². The van der Waals surface area contributed by atoms with E-state index in [1.165, 1.54) is 30.3 Å². The van der Waals surface area contributed by atoms with Gasteiger partial charge in [-0.25, -0.2) is 9.78 Å². The van der Waals surface area contributed by atoms with Gasteiger partial charge in [-0.05, 0) is 25.1 Å². The maximum Gasteiger partial charge on any atom is 0.534 e. The molecule has 0 atom stereocenters. The van der Waals surface area contributed by atoms with Crippen molar-refractivity contribution in [2.75, 3.05) is 6.61 Å². The van der Waals surface area contributed by atoms with Gasteiger partial charge in [0, 0.05) is 11.5 Å². The van der Waals surface area contributed by atoms with Crippen LogP contribution in [-0.4, -0.2) is 31.5 Å². The molecule has 0 unspecified atom stereocenters. The summed E-state index contributed by atoms with van der Waals surface area (Å²) in [7, 11) is -5.82. The minimum Gasteiger partial charge on any atom is -0.463 e. The van der Waals surface area contributed by atoms with Crippen molar-refractivity contribution in [1.82, 2.24) is 4.98 Å². The summed E-state index contributed by atoms with van der Waals surface area (Å²) in [6.07, 6.45) is 2.38. The molecule has 0 aliphatic carbocycles. The molecule has 25 heavy (non-hydrogen) atoms. The number of hydrogen-bond acceptors (Lipinski definition) is 6. The van der Waals surface area contributed by atoms with Gasteiger partial charge in [0.05, 0.1) is 12.3 Å². The maximum atomic E-state index is 12.5. The molecule has 0 amide bonds. The molecule has 0 bridgehead atoms. The van der Waals surface area contributed by atoms with E-state index in [0.29, 0.717) is 5.39 Å². The summed E-state index contributed by atoms with van der Waals surface area (Å²) in [6.45, 7) is 1.81. The van der Waals surface area contributed by atoms with Crippen LogP contribution in [0, 0.1) is 0 Å². The summed E-state index contributed by atoms with van der Waals surface area (Å²) >= 11 is 0. The fourth-order valence-electron chi connectivity index (χ4n) is 1.80. The van der Waals surface area contributed by atoms with Crippen LogP contribution >= 0.6 is 0 Å². The van der Waals surface area contributed by atoms with E-state index >= 15 is 0 Å². The van der Waals surface area contributed by atoms with Crippen molar-refractivity contribution in [2.24, 2.45) is 0 Å². The Morgan fingerprint density at radius 1 is 1.24 bits per heavy atom. The number of fused-ring (bicyclic) bond motifs is 1. The third-order valence-electron chi connectivity index (χ3n) is 2.86. The van der Waals surface area contributed by atoms with Gasteiger partial charge >= 0.3 is 21.6 Å². The van der Waals surface area contributed by atoms with E-state index in [1.807, 2.05) is 0 Å². The second kappa shape index (κ2) is 7.09. The Bertz CT molecular complexity index is 922. The highest BCUT2D eigenvalue weighted by Crippen LogP contribution is 2.31. The van der Waals surface area contributed by atoms with Crippen LogP contribution in [0.3, 0.4) is 0 Å². The Morgan fingerprint density at radius 2 is 1.96 bits per heavy atom. The average Bonchev–Trinajstić information content (AvgIpc) is 2.52. The Morgan fingerprint density at radius 3 is 2.60 bits per heavy atom. The summed E-state index contributed by atoms with van der Waals surface area (Å²) < 4.78 is 68.7. The number of halogens is 3. The Hall–Kier alpha value is -2.62. The van der Waals surface area contributed by atoms with Crippen LogP contribution in [0.15, 0.2) is 36.4 Å². The van der Waals surface area contributed by atoms with Gasteiger partial charge in [0.2, 0.25) is 0 Å². The lowest BCUT2D eigenvalue weighted by Gasteiger charge is -2.11. The number of aromatic nitrogens is 1. The highest BCUT2D eigenvalue weighted by molar-refractivity contribution is 7.88. The fourth-order valence-corrected chi connectivity index (χ4v) is 2.27. The van der Waals surface area contributed by atoms with Crippen LogP contribution in [0.5, 0.6) is 5.75 Å². The summed E-state index contributed by atoms with van der Waals surface area (Å²) in [5.41, 5.74) is -5.45. The molecular formula is C15H12F3NO5S. The first kappa shape index (κ1) is 18.7. The van der Waals surface area contributed by atoms with Crippen LogP contribution in [-0.2, 0) is 19.6 Å². The number of carbonyl (C=O) groups is 1. The number of benzene rings is 1. The topological polar surface area (TPSA) is 82.6 Å². The van der Waals surface area contributed by atoms with Gasteiger partial charge in [0.15, 0.2) is 5.75 Å². The lowest BCUT2D eigenvalue weighted by Crippen LogP contribution is -2.28. The van der Waals surface area contributed by atoms with Gasteiger partial charge in [-0.3, -0.25) is 0 Å². The molecule has 134 valence electrons. The molecule has 0 radical (unpaired) electrons. The molecule has 10 heteroatoms. The minimum absolute atomic E-state index is 0.0960. The lowest BCUT2D eigenvalue weighted by molar-refractivity contribution is -0.137. The van der Waals surface area contributed by atoms with Crippen LogP contribution in [0.4, 0.5) is 13.2 Å². The maximum absolute atomic E-state index is 12.5. The zero-order valence-electron chi connectivity index (χ0n) is 12.8. The molecule has 1 heterocycles. The van der Waals surface area contributed by atoms with Gasteiger partial charge < -0.3 is 8.92 Å². The van der Waals surface area contributed by atoms with Gasteiger partial charge in [-0.15, -0.1) is 0 Å². The third-order valence-corrected chi connectivity index (χ3v) is 3.83.